The monoisotopic (exact) mass is 329 g/mol. The summed E-state index contributed by atoms with van der Waals surface area (Å²) in [5.41, 5.74) is 1.10. The van der Waals surface area contributed by atoms with Gasteiger partial charge in [0.1, 0.15) is 0 Å². The van der Waals surface area contributed by atoms with E-state index >= 15 is 0 Å². The number of ketones is 1. The quantitative estimate of drug-likeness (QED) is 0.506. The lowest BCUT2D eigenvalue weighted by Crippen LogP contribution is -2.05. The van der Waals surface area contributed by atoms with E-state index in [1.165, 1.54) is 6.07 Å². The summed E-state index contributed by atoms with van der Waals surface area (Å²) in [7, 11) is 0. The summed E-state index contributed by atoms with van der Waals surface area (Å²) < 4.78 is 0. The van der Waals surface area contributed by atoms with Gasteiger partial charge < -0.3 is 15.3 Å². The predicted octanol–water partition coefficient (Wildman–Crippen LogP) is 3.43. The molecule has 0 fully saturated rings. The van der Waals surface area contributed by atoms with Gasteiger partial charge in [-0.2, -0.15) is 0 Å². The molecule has 0 aliphatic carbocycles. The Morgan fingerprint density at radius 2 is 1.74 bits per heavy atom. The van der Waals surface area contributed by atoms with E-state index < -0.39 is 23.0 Å². The highest BCUT2D eigenvalue weighted by molar-refractivity contribution is 6.31. The summed E-state index contributed by atoms with van der Waals surface area (Å²) in [5, 5.41) is 30.0. The largest absolute Gasteiger partial charge is 0.504 e. The molecule has 0 aliphatic heterocycles. The van der Waals surface area contributed by atoms with E-state index in [0.29, 0.717) is 16.2 Å². The second-order valence-corrected chi connectivity index (χ2v) is 5.51. The molecule has 0 unspecified atom stereocenters. The molecule has 0 atom stereocenters. The van der Waals surface area contributed by atoms with Crippen LogP contribution in [0, 0.1) is 0 Å². The zero-order chi connectivity index (χ0) is 16.6. The molecule has 23 heavy (non-hydrogen) atoms. The van der Waals surface area contributed by atoms with E-state index in [2.05, 4.69) is 4.98 Å². The first-order valence-electron chi connectivity index (χ1n) is 6.78. The number of hydrogen-bond acceptors (Lipinski definition) is 5. The Bertz CT molecular complexity index is 924. The minimum atomic E-state index is -0.714. The number of aromatic hydroxyl groups is 3. The number of nitrogens with zero attached hydrogens (tertiary/aromatic N) is 1. The van der Waals surface area contributed by atoms with E-state index in [1.54, 1.807) is 18.2 Å². The first kappa shape index (κ1) is 15.1. The van der Waals surface area contributed by atoms with Crippen molar-refractivity contribution in [2.45, 2.75) is 6.42 Å². The van der Waals surface area contributed by atoms with Crippen LogP contribution in [0.5, 0.6) is 17.2 Å². The summed E-state index contributed by atoms with van der Waals surface area (Å²) in [6.07, 6.45) is -0.0553. The van der Waals surface area contributed by atoms with E-state index in [0.717, 1.165) is 11.5 Å². The number of halogens is 1. The molecule has 0 amide bonds. The van der Waals surface area contributed by atoms with Crippen LogP contribution in [0.25, 0.3) is 10.9 Å². The molecule has 1 aromatic heterocycles. The topological polar surface area (TPSA) is 90.7 Å². The average Bonchev–Trinajstić information content (AvgIpc) is 2.52. The van der Waals surface area contributed by atoms with Crippen molar-refractivity contribution in [3.05, 3.63) is 58.7 Å². The lowest BCUT2D eigenvalue weighted by Gasteiger charge is -2.07. The summed E-state index contributed by atoms with van der Waals surface area (Å²) in [6, 6.07) is 11.2. The SMILES string of the molecule is O=C(Cc1ccc2ccc(Cl)cc2n1)c1ccc(O)c(O)c1O. The zero-order valence-corrected chi connectivity index (χ0v) is 12.6. The number of hydrogen-bond donors (Lipinski definition) is 3. The van der Waals surface area contributed by atoms with Gasteiger partial charge in [-0.25, -0.2) is 0 Å². The number of rotatable bonds is 3. The normalized spacial score (nSPS) is 10.8. The molecule has 0 radical (unpaired) electrons. The van der Waals surface area contributed by atoms with Gasteiger partial charge in [0.15, 0.2) is 17.3 Å². The number of pyridine rings is 1. The van der Waals surface area contributed by atoms with Crippen molar-refractivity contribution >= 4 is 28.3 Å². The maximum atomic E-state index is 12.3. The lowest BCUT2D eigenvalue weighted by atomic mass is 10.0. The van der Waals surface area contributed by atoms with Crippen molar-refractivity contribution in [3.8, 4) is 17.2 Å². The summed E-state index contributed by atoms with van der Waals surface area (Å²) in [6.45, 7) is 0. The molecule has 0 saturated carbocycles. The smallest absolute Gasteiger partial charge is 0.201 e. The van der Waals surface area contributed by atoms with Crippen LogP contribution in [-0.4, -0.2) is 26.1 Å². The average molecular weight is 330 g/mol. The molecular weight excluding hydrogens is 318 g/mol. The molecule has 116 valence electrons. The van der Waals surface area contributed by atoms with Crippen LogP contribution in [0.2, 0.25) is 5.02 Å². The highest BCUT2D eigenvalue weighted by atomic mass is 35.5. The molecule has 5 nitrogen and oxygen atoms in total. The maximum Gasteiger partial charge on any atom is 0.201 e. The van der Waals surface area contributed by atoms with E-state index in [4.69, 9.17) is 11.6 Å². The van der Waals surface area contributed by atoms with Crippen LogP contribution < -0.4 is 0 Å². The Morgan fingerprint density at radius 3 is 2.52 bits per heavy atom. The van der Waals surface area contributed by atoms with Crippen molar-refractivity contribution in [2.24, 2.45) is 0 Å². The third-order valence-corrected chi connectivity index (χ3v) is 3.72. The summed E-state index contributed by atoms with van der Waals surface area (Å²) in [4.78, 5) is 16.7. The predicted molar refractivity (Wildman–Crippen MR) is 86.2 cm³/mol. The van der Waals surface area contributed by atoms with E-state index in [9.17, 15) is 20.1 Å². The molecule has 1 heterocycles. The van der Waals surface area contributed by atoms with Crippen LogP contribution >= 0.6 is 11.6 Å². The Labute approximate surface area is 136 Å². The van der Waals surface area contributed by atoms with Gasteiger partial charge in [-0.05, 0) is 30.3 Å². The fourth-order valence-electron chi connectivity index (χ4n) is 2.28. The van der Waals surface area contributed by atoms with Crippen LogP contribution in [0.1, 0.15) is 16.1 Å². The number of phenols is 3. The highest BCUT2D eigenvalue weighted by Crippen LogP contribution is 2.37. The van der Waals surface area contributed by atoms with Crippen LogP contribution in [0.15, 0.2) is 42.5 Å². The summed E-state index contributed by atoms with van der Waals surface area (Å²) >= 11 is 5.93. The number of phenolic OH excluding ortho intramolecular Hbond substituents is 3. The molecular formula is C17H12ClNO4. The van der Waals surface area contributed by atoms with Gasteiger partial charge in [0, 0.05) is 16.1 Å². The minimum Gasteiger partial charge on any atom is -0.504 e. The van der Waals surface area contributed by atoms with Gasteiger partial charge >= 0.3 is 0 Å². The molecule has 3 aromatic rings. The number of carbonyl (C=O) groups is 1. The molecule has 2 aromatic carbocycles. The van der Waals surface area contributed by atoms with E-state index in [1.807, 2.05) is 12.1 Å². The molecule has 0 saturated heterocycles. The fourth-order valence-corrected chi connectivity index (χ4v) is 2.45. The van der Waals surface area contributed by atoms with Gasteiger partial charge in [-0.3, -0.25) is 9.78 Å². The van der Waals surface area contributed by atoms with Gasteiger partial charge in [-0.1, -0.05) is 23.7 Å². The van der Waals surface area contributed by atoms with Crippen molar-refractivity contribution in [1.82, 2.24) is 4.98 Å². The molecule has 0 spiro atoms. The molecule has 0 bridgehead atoms. The number of carbonyl (C=O) groups excluding carboxylic acids is 1. The highest BCUT2D eigenvalue weighted by Gasteiger charge is 2.18. The Hall–Kier alpha value is -2.79. The van der Waals surface area contributed by atoms with Gasteiger partial charge in [0.2, 0.25) is 5.75 Å². The Balaban J connectivity index is 1.92. The maximum absolute atomic E-state index is 12.3. The first-order chi connectivity index (χ1) is 11.0. The lowest BCUT2D eigenvalue weighted by molar-refractivity contribution is 0.0988. The van der Waals surface area contributed by atoms with Crippen molar-refractivity contribution in [3.63, 3.8) is 0 Å². The van der Waals surface area contributed by atoms with Gasteiger partial charge in [0.05, 0.1) is 17.5 Å². The van der Waals surface area contributed by atoms with Crippen LogP contribution in [-0.2, 0) is 6.42 Å². The minimum absolute atomic E-state index is 0.0553. The van der Waals surface area contributed by atoms with Crippen molar-refractivity contribution in [2.75, 3.05) is 0 Å². The second kappa shape index (κ2) is 5.78. The second-order valence-electron chi connectivity index (χ2n) is 5.07. The first-order valence-corrected chi connectivity index (χ1v) is 7.16. The van der Waals surface area contributed by atoms with Gasteiger partial charge in [0.25, 0.3) is 0 Å². The zero-order valence-electron chi connectivity index (χ0n) is 11.8. The van der Waals surface area contributed by atoms with Crippen LogP contribution in [0.4, 0.5) is 0 Å². The third kappa shape index (κ3) is 2.91. The molecule has 6 heteroatoms. The van der Waals surface area contributed by atoms with E-state index in [-0.39, 0.29) is 12.0 Å². The van der Waals surface area contributed by atoms with Gasteiger partial charge in [-0.15, -0.1) is 0 Å². The summed E-state index contributed by atoms with van der Waals surface area (Å²) in [5.74, 6) is -2.27. The number of Topliss-reactive ketones (excluding diaryl/α,β-unsaturated/α-hetero) is 1. The number of benzene rings is 2. The molecule has 3 rings (SSSR count). The van der Waals surface area contributed by atoms with Crippen molar-refractivity contribution in [1.29, 1.82) is 0 Å². The molecule has 0 aliphatic rings. The van der Waals surface area contributed by atoms with Crippen LogP contribution in [0.3, 0.4) is 0 Å². The molecule has 3 N–H and O–H groups in total. The third-order valence-electron chi connectivity index (χ3n) is 3.48. The fraction of sp³-hybridized carbons (Fsp3) is 0.0588. The number of aromatic nitrogens is 1. The standard InChI is InChI=1S/C17H12ClNO4/c18-10-3-1-9-2-4-11(19-13(9)7-10)8-15(21)12-5-6-14(20)17(23)16(12)22/h1-7,20,22-23H,8H2. The Morgan fingerprint density at radius 1 is 1.00 bits per heavy atom. The van der Waals surface area contributed by atoms with Crippen molar-refractivity contribution < 1.29 is 20.1 Å². The number of fused-ring (bicyclic) bond motifs is 1. The Kier molecular flexibility index (Phi) is 3.80.